The molecule has 0 aliphatic heterocycles. The van der Waals surface area contributed by atoms with Crippen molar-refractivity contribution < 1.29 is 17.9 Å². The Hall–Kier alpha value is -2.58. The molecule has 0 aliphatic rings. The van der Waals surface area contributed by atoms with Crippen LogP contribution in [0.25, 0.3) is 10.4 Å². The summed E-state index contributed by atoms with van der Waals surface area (Å²) in [4.78, 5) is 3.66. The zero-order valence-corrected chi connectivity index (χ0v) is 15.5. The van der Waals surface area contributed by atoms with E-state index in [2.05, 4.69) is 15.5 Å². The number of nitrogens with one attached hydrogen (secondary N) is 1. The fraction of sp³-hybridized carbons (Fsp3) is 0.111. The van der Waals surface area contributed by atoms with Gasteiger partial charge in [-0.25, -0.2) is 4.98 Å². The number of hydrogen-bond acceptors (Lipinski definition) is 5. The molecule has 0 bridgehead atoms. The molecule has 9 heteroatoms. The second-order valence-corrected chi connectivity index (χ2v) is 6.78. The van der Waals surface area contributed by atoms with Gasteiger partial charge in [-0.3, -0.25) is 5.43 Å². The molecule has 1 aromatic heterocycles. The standard InChI is InChI=1S/C18H13ClF3N3OS/c1-26-14-8-2-11(3-9-14)10-23-25-17-24-16(18(20,21)22)15(27-17)12-4-6-13(19)7-5-12/h2-10H,1H3,(H,24,25)/b23-10-. The molecule has 1 heterocycles. The monoisotopic (exact) mass is 411 g/mol. The Morgan fingerprint density at radius 3 is 2.37 bits per heavy atom. The maximum Gasteiger partial charge on any atom is 0.434 e. The Morgan fingerprint density at radius 2 is 1.78 bits per heavy atom. The number of hydrazone groups is 1. The molecule has 0 spiro atoms. The molecule has 0 radical (unpaired) electrons. The third-order valence-electron chi connectivity index (χ3n) is 3.49. The van der Waals surface area contributed by atoms with Crippen LogP contribution in [0.1, 0.15) is 11.3 Å². The second-order valence-electron chi connectivity index (χ2n) is 5.34. The summed E-state index contributed by atoms with van der Waals surface area (Å²) in [5.74, 6) is 0.697. The van der Waals surface area contributed by atoms with Gasteiger partial charge in [0.2, 0.25) is 5.13 Å². The molecule has 0 atom stereocenters. The summed E-state index contributed by atoms with van der Waals surface area (Å²) >= 11 is 6.67. The molecule has 27 heavy (non-hydrogen) atoms. The van der Waals surface area contributed by atoms with E-state index in [1.54, 1.807) is 31.4 Å². The number of ether oxygens (including phenoxy) is 1. The molecule has 3 rings (SSSR count). The average Bonchev–Trinajstić information content (AvgIpc) is 3.07. The highest BCUT2D eigenvalue weighted by Gasteiger charge is 2.38. The van der Waals surface area contributed by atoms with Gasteiger partial charge >= 0.3 is 6.18 Å². The molecule has 0 fully saturated rings. The van der Waals surface area contributed by atoms with Crippen LogP contribution in [-0.4, -0.2) is 18.3 Å². The van der Waals surface area contributed by atoms with Crippen LogP contribution in [0, 0.1) is 0 Å². The quantitative estimate of drug-likeness (QED) is 0.417. The Kier molecular flexibility index (Phi) is 5.67. The first-order valence-corrected chi connectivity index (χ1v) is 8.83. The number of thiazole rings is 1. The van der Waals surface area contributed by atoms with Gasteiger partial charge in [0, 0.05) is 5.02 Å². The van der Waals surface area contributed by atoms with E-state index in [1.807, 2.05) is 0 Å². The van der Waals surface area contributed by atoms with E-state index in [1.165, 1.54) is 30.5 Å². The van der Waals surface area contributed by atoms with Crippen molar-refractivity contribution in [3.63, 3.8) is 0 Å². The lowest BCUT2D eigenvalue weighted by Crippen LogP contribution is -2.07. The first-order valence-electron chi connectivity index (χ1n) is 7.64. The number of halogens is 4. The van der Waals surface area contributed by atoms with Gasteiger partial charge in [-0.2, -0.15) is 18.3 Å². The molecule has 2 aromatic carbocycles. The summed E-state index contributed by atoms with van der Waals surface area (Å²) in [5.41, 5.74) is 2.74. The third-order valence-corrected chi connectivity index (χ3v) is 4.75. The van der Waals surface area contributed by atoms with E-state index in [9.17, 15) is 13.2 Å². The maximum absolute atomic E-state index is 13.3. The van der Waals surface area contributed by atoms with Gasteiger partial charge in [0.15, 0.2) is 5.69 Å². The predicted molar refractivity (Wildman–Crippen MR) is 102 cm³/mol. The number of nitrogens with zero attached hydrogens (tertiary/aromatic N) is 2. The van der Waals surface area contributed by atoms with Crippen molar-refractivity contribution in [2.75, 3.05) is 12.5 Å². The Labute approximate surface area is 162 Å². The van der Waals surface area contributed by atoms with Crippen molar-refractivity contribution >= 4 is 34.3 Å². The van der Waals surface area contributed by atoms with Gasteiger partial charge in [-0.15, -0.1) is 0 Å². The molecule has 1 N–H and O–H groups in total. The summed E-state index contributed by atoms with van der Waals surface area (Å²) in [5, 5.41) is 4.44. The van der Waals surface area contributed by atoms with Gasteiger partial charge < -0.3 is 4.74 Å². The number of aromatic nitrogens is 1. The number of methoxy groups -OCH3 is 1. The topological polar surface area (TPSA) is 46.5 Å². The minimum absolute atomic E-state index is 0.00122. The summed E-state index contributed by atoms with van der Waals surface area (Å²) in [7, 11) is 1.56. The van der Waals surface area contributed by atoms with Gasteiger partial charge in [0.1, 0.15) is 5.75 Å². The summed E-state index contributed by atoms with van der Waals surface area (Å²) in [6, 6.07) is 13.2. The minimum atomic E-state index is -4.58. The van der Waals surface area contributed by atoms with Crippen molar-refractivity contribution in [3.05, 3.63) is 64.8 Å². The molecule has 0 saturated carbocycles. The molecule has 140 valence electrons. The van der Waals surface area contributed by atoms with Crippen LogP contribution in [0.4, 0.5) is 18.3 Å². The van der Waals surface area contributed by atoms with Crippen LogP contribution in [0.2, 0.25) is 5.02 Å². The normalized spacial score (nSPS) is 11.7. The molecular formula is C18H13ClF3N3OS. The first-order chi connectivity index (χ1) is 12.9. The molecule has 0 aliphatic carbocycles. The Balaban J connectivity index is 1.83. The predicted octanol–water partition coefficient (Wildman–Crippen LogP) is 5.94. The maximum atomic E-state index is 13.3. The van der Waals surface area contributed by atoms with Crippen molar-refractivity contribution in [3.8, 4) is 16.2 Å². The van der Waals surface area contributed by atoms with Crippen LogP contribution in [-0.2, 0) is 6.18 Å². The van der Waals surface area contributed by atoms with E-state index < -0.39 is 11.9 Å². The molecule has 0 saturated heterocycles. The fourth-order valence-electron chi connectivity index (χ4n) is 2.21. The Morgan fingerprint density at radius 1 is 1.11 bits per heavy atom. The average molecular weight is 412 g/mol. The zero-order valence-electron chi connectivity index (χ0n) is 13.9. The van der Waals surface area contributed by atoms with Crippen LogP contribution in [0.15, 0.2) is 53.6 Å². The second kappa shape index (κ2) is 7.98. The molecule has 3 aromatic rings. The number of alkyl halides is 3. The van der Waals surface area contributed by atoms with Crippen molar-refractivity contribution in [1.29, 1.82) is 0 Å². The van der Waals surface area contributed by atoms with E-state index in [0.717, 1.165) is 16.9 Å². The van der Waals surface area contributed by atoms with Crippen LogP contribution in [0.3, 0.4) is 0 Å². The van der Waals surface area contributed by atoms with E-state index in [4.69, 9.17) is 16.3 Å². The molecular weight excluding hydrogens is 399 g/mol. The smallest absolute Gasteiger partial charge is 0.434 e. The van der Waals surface area contributed by atoms with Gasteiger partial charge in [0.05, 0.1) is 18.2 Å². The van der Waals surface area contributed by atoms with E-state index >= 15 is 0 Å². The molecule has 0 amide bonds. The molecule has 0 unspecified atom stereocenters. The SMILES string of the molecule is COc1ccc(/C=N\Nc2nc(C(F)(F)F)c(-c3ccc(Cl)cc3)s2)cc1. The largest absolute Gasteiger partial charge is 0.497 e. The van der Waals surface area contributed by atoms with E-state index in [-0.39, 0.29) is 10.0 Å². The highest BCUT2D eigenvalue weighted by atomic mass is 35.5. The summed E-state index contributed by atoms with van der Waals surface area (Å²) in [6.45, 7) is 0. The van der Waals surface area contributed by atoms with Gasteiger partial charge in [-0.1, -0.05) is 35.1 Å². The van der Waals surface area contributed by atoms with Crippen molar-refractivity contribution in [2.24, 2.45) is 5.10 Å². The van der Waals surface area contributed by atoms with Gasteiger partial charge in [-0.05, 0) is 47.5 Å². The van der Waals surface area contributed by atoms with Crippen molar-refractivity contribution in [1.82, 2.24) is 4.98 Å². The Bertz CT molecular complexity index is 938. The lowest BCUT2D eigenvalue weighted by Gasteiger charge is -2.05. The molecule has 4 nitrogen and oxygen atoms in total. The fourth-order valence-corrected chi connectivity index (χ4v) is 3.28. The lowest BCUT2D eigenvalue weighted by molar-refractivity contribution is -0.140. The van der Waals surface area contributed by atoms with Crippen LogP contribution in [0.5, 0.6) is 5.75 Å². The lowest BCUT2D eigenvalue weighted by atomic mass is 10.1. The third kappa shape index (κ3) is 4.78. The van der Waals surface area contributed by atoms with Crippen LogP contribution < -0.4 is 10.2 Å². The van der Waals surface area contributed by atoms with Gasteiger partial charge in [0.25, 0.3) is 0 Å². The summed E-state index contributed by atoms with van der Waals surface area (Å²) in [6.07, 6.45) is -3.10. The number of benzene rings is 2. The van der Waals surface area contributed by atoms with E-state index in [0.29, 0.717) is 16.3 Å². The number of anilines is 1. The summed E-state index contributed by atoms with van der Waals surface area (Å²) < 4.78 is 45.0. The zero-order chi connectivity index (χ0) is 19.4. The van der Waals surface area contributed by atoms with Crippen LogP contribution >= 0.6 is 22.9 Å². The first kappa shape index (κ1) is 19.2. The highest BCUT2D eigenvalue weighted by Crippen LogP contribution is 2.42. The number of hydrogen-bond donors (Lipinski definition) is 1. The van der Waals surface area contributed by atoms with Crippen molar-refractivity contribution in [2.45, 2.75) is 6.18 Å². The highest BCUT2D eigenvalue weighted by molar-refractivity contribution is 7.19. The number of rotatable bonds is 5. The minimum Gasteiger partial charge on any atom is -0.497 e.